The molecule has 6 atom stereocenters. The highest BCUT2D eigenvalue weighted by atomic mass is 32.2. The van der Waals surface area contributed by atoms with E-state index in [1.165, 1.54) is 50.1 Å². The molecule has 0 radical (unpaired) electrons. The van der Waals surface area contributed by atoms with E-state index in [2.05, 4.69) is 96.9 Å². The van der Waals surface area contributed by atoms with Gasteiger partial charge in [0.15, 0.2) is 25.2 Å². The molecule has 11 heterocycles. The first kappa shape index (κ1) is 80.4. The van der Waals surface area contributed by atoms with E-state index in [1.807, 2.05) is 24.3 Å². The van der Waals surface area contributed by atoms with Gasteiger partial charge in [-0.15, -0.1) is 0 Å². The summed E-state index contributed by atoms with van der Waals surface area (Å²) < 4.78 is 176. The number of sulfonamides is 5. The van der Waals surface area contributed by atoms with Gasteiger partial charge in [0.2, 0.25) is 0 Å². The number of nitrogens with one attached hydrogen (secondary N) is 6. The summed E-state index contributed by atoms with van der Waals surface area (Å²) in [6.45, 7) is 3.26. The van der Waals surface area contributed by atoms with Crippen molar-refractivity contribution < 1.29 is 60.4 Å². The number of alkyl halides is 3. The molecule has 6 saturated carbocycles. The summed E-state index contributed by atoms with van der Waals surface area (Å²) in [7, 11) is -18.8. The van der Waals surface area contributed by atoms with E-state index >= 15 is 0 Å². The van der Waals surface area contributed by atoms with Crippen molar-refractivity contribution in [1.82, 2.24) is 58.5 Å². The highest BCUT2D eigenvalue weighted by Crippen LogP contribution is 2.60. The number of nitriles is 1. The average Bonchev–Trinajstić information content (AvgIpc) is 1.56. The van der Waals surface area contributed by atoms with Crippen molar-refractivity contribution in [2.75, 3.05) is 19.7 Å². The summed E-state index contributed by atoms with van der Waals surface area (Å²) in [4.78, 5) is 47.9. The number of benzene rings is 1. The van der Waals surface area contributed by atoms with Gasteiger partial charge in [-0.2, -0.15) is 23.2 Å². The second-order valence-electron chi connectivity index (χ2n) is 29.0. The first-order valence-corrected chi connectivity index (χ1v) is 44.2. The molecule has 6 fully saturated rings. The molecular weight excluding hydrogens is 1530 g/mol. The van der Waals surface area contributed by atoms with Crippen molar-refractivity contribution in [2.24, 2.45) is 60.5 Å². The highest BCUT2D eigenvalue weighted by Gasteiger charge is 2.59. The summed E-state index contributed by atoms with van der Waals surface area (Å²) in [5.74, 6) is 2.63. The number of aliphatic hydroxyl groups is 1. The van der Waals surface area contributed by atoms with E-state index in [9.17, 15) is 60.4 Å². The molecular formula is C74H85F3N18O11S5. The topological polar surface area (TPSA) is 430 Å². The number of aromatic amines is 1. The molecule has 7 N–H and O–H groups in total. The third-order valence-corrected chi connectivity index (χ3v) is 29.1. The Labute approximate surface area is 643 Å². The fourth-order valence-electron chi connectivity index (χ4n) is 16.5. The number of nitrogens with zero attached hydrogens (tertiary/aromatic N) is 12. The third kappa shape index (κ3) is 18.5. The zero-order valence-electron chi connectivity index (χ0n) is 60.5. The number of pyridine rings is 5. The van der Waals surface area contributed by atoms with Crippen molar-refractivity contribution in [3.05, 3.63) is 202 Å². The first-order valence-electron chi connectivity index (χ1n) is 36.8. The number of H-pyrrole nitrogens is 1. The molecule has 6 aromatic heterocycles. The van der Waals surface area contributed by atoms with Crippen LogP contribution in [0, 0.1) is 46.8 Å². The molecule has 18 rings (SSSR count). The fraction of sp³-hybridized carbons (Fsp3) is 0.459. The van der Waals surface area contributed by atoms with Gasteiger partial charge < -0.3 is 10.1 Å². The lowest BCUT2D eigenvalue weighted by Crippen LogP contribution is -2.51. The van der Waals surface area contributed by atoms with E-state index < -0.39 is 68.8 Å². The van der Waals surface area contributed by atoms with Crippen molar-refractivity contribution >= 4 is 75.3 Å². The molecule has 4 bridgehead atoms. The third-order valence-electron chi connectivity index (χ3n) is 21.8. The smallest absolute Gasteiger partial charge is 0.396 e. The minimum atomic E-state index is -4.64. The molecule has 0 amide bonds. The Hall–Kier alpha value is -8.68. The SMILES string of the molecule is CC[C@H](NS(=O)(=O)C1=NCc2ncccc21)C(F)(F)F.N#CC1CCC(CNS(=O)(=O)C2=NCc3ncccc32)CC1.O=S(=O)(NC12CC3CC(CC1C3)C2)C1=NCc2ncccc21.O=S(=O)(NC1CCC(c2ccccc2)CC1CO)C1=NCc2ncccc21.O=S(=O)(NCCc1cnc[nH]1)C1=NCc2ncccc21. The number of hydrogen-bond acceptors (Lipinski definition) is 23. The summed E-state index contributed by atoms with van der Waals surface area (Å²) in [6, 6.07) is 27.0. The molecule has 0 spiro atoms. The maximum Gasteiger partial charge on any atom is 0.404 e. The van der Waals surface area contributed by atoms with Gasteiger partial charge in [0.25, 0.3) is 50.1 Å². The van der Waals surface area contributed by atoms with Crippen LogP contribution in [0.3, 0.4) is 0 Å². The molecule has 6 aliphatic carbocycles. The van der Waals surface area contributed by atoms with Gasteiger partial charge in [-0.3, -0.25) is 49.9 Å². The zero-order valence-corrected chi connectivity index (χ0v) is 64.6. The minimum absolute atomic E-state index is 0.0405. The predicted molar refractivity (Wildman–Crippen MR) is 410 cm³/mol. The molecule has 111 heavy (non-hydrogen) atoms. The van der Waals surface area contributed by atoms with E-state index in [1.54, 1.807) is 84.5 Å². The van der Waals surface area contributed by atoms with Crippen molar-refractivity contribution in [3.63, 3.8) is 0 Å². The lowest BCUT2D eigenvalue weighted by atomic mass is 9.76. The Kier molecular flexibility index (Phi) is 24.6. The van der Waals surface area contributed by atoms with E-state index in [4.69, 9.17) is 5.26 Å². The largest absolute Gasteiger partial charge is 0.404 e. The standard InChI is InChI=1S/C20H23N3O3S.C16H19N3O2S.C15H18N4O2S.C12H13N5O2S.C11H12F3N3O2S/c24-13-16-11-15(14-5-2-1-3-6-14)8-9-18(16)23-27(25,26)20-17-7-4-10-21-19(17)12-22-20;20-22(21,15-13-2-1-3-17-14(13)9-18-15)19-16-7-10-4-11(8-16)6-12(16)5-10;16-8-11-3-5-12(6-4-11)9-19-22(20,21)15-13-2-1-7-17-14(13)10-18-15;18-20(19,17-5-3-9-6-13-8-16-9)12-10-2-1-4-14-11(10)7-15-12;1-2-9(11(12,13)14)17-20(18,19)10-7-4-3-5-15-8(7)6-16-10/h1-7,10,15-16,18,23-24H,8-9,11-13H2;1-3,10-12,19H,4-9H2;1-2,7,11-12,19H,3-6,9-10H2;1-2,4,6,8,17H,3,5,7H2,(H,13,16);3-5,9,17H,2,6H2,1H3/t;;;;9-/m....0/s1. The zero-order chi connectivity index (χ0) is 78.4. The van der Waals surface area contributed by atoms with E-state index in [0.717, 1.165) is 74.6 Å². The summed E-state index contributed by atoms with van der Waals surface area (Å²) in [5.41, 5.74) is 7.89. The number of aliphatic hydroxyl groups excluding tert-OH is 1. The van der Waals surface area contributed by atoms with Crippen LogP contribution in [0.25, 0.3) is 0 Å². The molecule has 7 aromatic rings. The Balaban J connectivity index is 0.000000122. The predicted octanol–water partition coefficient (Wildman–Crippen LogP) is 7.47. The van der Waals surface area contributed by atoms with Gasteiger partial charge in [-0.1, -0.05) is 37.3 Å². The van der Waals surface area contributed by atoms with Crippen LogP contribution >= 0.6 is 0 Å². The summed E-state index contributed by atoms with van der Waals surface area (Å²) in [6.07, 6.45) is 18.4. The van der Waals surface area contributed by atoms with Crippen molar-refractivity contribution in [3.8, 4) is 6.07 Å². The second-order valence-corrected chi connectivity index (χ2v) is 37.3. The Morgan fingerprint density at radius 2 is 1.02 bits per heavy atom. The van der Waals surface area contributed by atoms with Crippen LogP contribution in [-0.4, -0.2) is 151 Å². The van der Waals surface area contributed by atoms with Gasteiger partial charge in [-0.25, -0.2) is 66.0 Å². The van der Waals surface area contributed by atoms with Crippen LogP contribution in [0.5, 0.6) is 0 Å². The second kappa shape index (κ2) is 33.9. The molecule has 588 valence electrons. The van der Waals surface area contributed by atoms with Gasteiger partial charge >= 0.3 is 6.18 Å². The molecule has 11 aliphatic rings. The molecule has 5 unspecified atom stereocenters. The molecule has 5 aliphatic heterocycles. The molecule has 37 heteroatoms. The van der Waals surface area contributed by atoms with Crippen LogP contribution in [0.1, 0.15) is 164 Å². The maximum absolute atomic E-state index is 12.9. The van der Waals surface area contributed by atoms with Crippen LogP contribution in [0.4, 0.5) is 13.2 Å². The summed E-state index contributed by atoms with van der Waals surface area (Å²) in [5, 5.41) is 18.8. The number of hydrogen-bond donors (Lipinski definition) is 7. The number of halogens is 3. The van der Waals surface area contributed by atoms with Gasteiger partial charge in [-0.05, 0) is 185 Å². The fourth-order valence-corrected chi connectivity index (χ4v) is 23.7. The lowest BCUT2D eigenvalue weighted by Gasteiger charge is -2.35. The van der Waals surface area contributed by atoms with Gasteiger partial charge in [0, 0.05) is 114 Å². The van der Waals surface area contributed by atoms with Crippen LogP contribution in [0.15, 0.2) is 159 Å². The quantitative estimate of drug-likeness (QED) is 0.0493. The van der Waals surface area contributed by atoms with Crippen LogP contribution in [0.2, 0.25) is 0 Å². The van der Waals surface area contributed by atoms with E-state index in [-0.39, 0.29) is 73.9 Å². The monoisotopic (exact) mass is 1620 g/mol. The average molecular weight is 1620 g/mol. The van der Waals surface area contributed by atoms with E-state index in [0.29, 0.717) is 108 Å². The minimum Gasteiger partial charge on any atom is -0.396 e. The molecule has 1 aromatic carbocycles. The first-order chi connectivity index (χ1) is 53.2. The van der Waals surface area contributed by atoms with Crippen LogP contribution < -0.4 is 23.6 Å². The summed E-state index contributed by atoms with van der Waals surface area (Å²) >= 11 is 0. The van der Waals surface area contributed by atoms with Crippen molar-refractivity contribution in [2.45, 2.75) is 159 Å². The highest BCUT2D eigenvalue weighted by molar-refractivity contribution is 8.06. The number of fused-ring (bicyclic) bond motifs is 5. The number of aromatic nitrogens is 7. The Morgan fingerprint density at radius 3 is 1.46 bits per heavy atom. The maximum atomic E-state index is 12.9. The normalized spacial score (nSPS) is 24.1. The number of imidazole rings is 1. The van der Waals surface area contributed by atoms with Crippen LogP contribution in [-0.2, 0) is 89.3 Å². The van der Waals surface area contributed by atoms with Gasteiger partial charge in [0.05, 0.1) is 73.6 Å². The van der Waals surface area contributed by atoms with Crippen molar-refractivity contribution in [1.29, 1.82) is 5.26 Å². The molecule has 0 saturated heterocycles. The van der Waals surface area contributed by atoms with Gasteiger partial charge in [0.1, 0.15) is 6.04 Å². The Morgan fingerprint density at radius 1 is 0.559 bits per heavy atom. The number of rotatable bonds is 16. The Bertz CT molecular complexity index is 5360. The molecule has 29 nitrogen and oxygen atoms in total. The lowest BCUT2D eigenvalue weighted by molar-refractivity contribution is -0.151. The number of aliphatic imine (C=N–C) groups is 5.